The smallest absolute Gasteiger partial charge is 0.222 e. The van der Waals surface area contributed by atoms with E-state index in [-0.39, 0.29) is 0 Å². The molecule has 124 valence electrons. The minimum Gasteiger partial charge on any atom is -0.448 e. The third kappa shape index (κ3) is 3.79. The lowest BCUT2D eigenvalue weighted by atomic mass is 10.2. The molecule has 2 N–H and O–H groups in total. The summed E-state index contributed by atoms with van der Waals surface area (Å²) in [6.07, 6.45) is 1.77. The number of hydrogen-bond donors (Lipinski definition) is 1. The number of oxazole rings is 1. The number of nitrogens with two attached hydrogens (primary N) is 1. The second-order valence-electron chi connectivity index (χ2n) is 6.32. The monoisotopic (exact) mass is 316 g/mol. The minimum absolute atomic E-state index is 0.326. The van der Waals surface area contributed by atoms with Crippen LogP contribution in [0.5, 0.6) is 0 Å². The van der Waals surface area contributed by atoms with Gasteiger partial charge in [0.1, 0.15) is 12.1 Å². The molecule has 7 heteroatoms. The maximum Gasteiger partial charge on any atom is 0.222 e. The van der Waals surface area contributed by atoms with Crippen LogP contribution in [0.1, 0.15) is 37.0 Å². The molecule has 1 aliphatic rings. The topological polar surface area (TPSA) is 84.3 Å². The minimum atomic E-state index is 0.326. The van der Waals surface area contributed by atoms with Gasteiger partial charge in [0, 0.05) is 50.4 Å². The van der Waals surface area contributed by atoms with E-state index in [2.05, 4.69) is 38.6 Å². The summed E-state index contributed by atoms with van der Waals surface area (Å²) in [5.74, 6) is 2.39. The summed E-state index contributed by atoms with van der Waals surface area (Å²) in [5.41, 5.74) is 7.65. The summed E-state index contributed by atoms with van der Waals surface area (Å²) in [5, 5.41) is 0. The first-order chi connectivity index (χ1) is 11.0. The fraction of sp³-hybridized carbons (Fsp3) is 0.562. The van der Waals surface area contributed by atoms with E-state index in [9.17, 15) is 0 Å². The third-order valence-electron chi connectivity index (χ3n) is 4.00. The molecular weight excluding hydrogens is 292 g/mol. The molecule has 1 saturated heterocycles. The van der Waals surface area contributed by atoms with Gasteiger partial charge in [-0.25, -0.2) is 9.97 Å². The second kappa shape index (κ2) is 6.54. The Labute approximate surface area is 136 Å². The van der Waals surface area contributed by atoms with Crippen LogP contribution < -0.4 is 10.6 Å². The Kier molecular flexibility index (Phi) is 4.47. The van der Waals surface area contributed by atoms with E-state index in [4.69, 9.17) is 10.2 Å². The molecule has 2 aromatic heterocycles. The van der Waals surface area contributed by atoms with Crippen LogP contribution in [-0.4, -0.2) is 46.0 Å². The van der Waals surface area contributed by atoms with Crippen LogP contribution >= 0.6 is 0 Å². The summed E-state index contributed by atoms with van der Waals surface area (Å²) < 4.78 is 5.51. The van der Waals surface area contributed by atoms with Crippen LogP contribution in [0.25, 0.3) is 0 Å². The van der Waals surface area contributed by atoms with Crippen molar-refractivity contribution in [3.8, 4) is 0 Å². The van der Waals surface area contributed by atoms with E-state index < -0.39 is 0 Å². The number of anilines is 2. The number of aryl methyl sites for hydroxylation is 1. The van der Waals surface area contributed by atoms with Crippen LogP contribution in [-0.2, 0) is 6.54 Å². The van der Waals surface area contributed by atoms with Gasteiger partial charge in [-0.1, -0.05) is 13.8 Å². The quantitative estimate of drug-likeness (QED) is 0.920. The Morgan fingerprint density at radius 2 is 1.91 bits per heavy atom. The number of aromatic nitrogens is 3. The summed E-state index contributed by atoms with van der Waals surface area (Å²) in [6.45, 7) is 10.7. The Hall–Kier alpha value is -2.15. The van der Waals surface area contributed by atoms with Gasteiger partial charge in [0.05, 0.1) is 5.69 Å². The van der Waals surface area contributed by atoms with E-state index in [1.54, 1.807) is 6.26 Å². The highest BCUT2D eigenvalue weighted by molar-refractivity contribution is 5.43. The molecule has 0 amide bonds. The van der Waals surface area contributed by atoms with Crippen molar-refractivity contribution in [1.29, 1.82) is 0 Å². The first-order valence-electron chi connectivity index (χ1n) is 8.04. The van der Waals surface area contributed by atoms with Gasteiger partial charge in [-0.2, -0.15) is 4.98 Å². The van der Waals surface area contributed by atoms with Crippen molar-refractivity contribution in [2.75, 3.05) is 36.8 Å². The molecule has 0 unspecified atom stereocenters. The number of piperazine rings is 1. The fourth-order valence-electron chi connectivity index (χ4n) is 2.76. The van der Waals surface area contributed by atoms with Crippen LogP contribution in [0.4, 0.5) is 11.8 Å². The maximum absolute atomic E-state index is 5.74. The number of nitrogens with zero attached hydrogens (tertiary/aromatic N) is 5. The van der Waals surface area contributed by atoms with Gasteiger partial charge >= 0.3 is 0 Å². The molecule has 1 fully saturated rings. The highest BCUT2D eigenvalue weighted by Gasteiger charge is 2.20. The molecule has 23 heavy (non-hydrogen) atoms. The first-order valence-corrected chi connectivity index (χ1v) is 8.04. The van der Waals surface area contributed by atoms with Crippen LogP contribution in [0, 0.1) is 6.92 Å². The largest absolute Gasteiger partial charge is 0.448 e. The lowest BCUT2D eigenvalue weighted by Gasteiger charge is -2.35. The molecule has 0 aliphatic carbocycles. The second-order valence-corrected chi connectivity index (χ2v) is 6.32. The standard InChI is InChI=1S/C16H24N6O/c1-11(2)15-19-13(10-23-15)9-21-4-6-22(7-5-21)14-8-12(3)18-16(17)20-14/h8,10-11H,4-7,9H2,1-3H3,(H2,17,18,20). The van der Waals surface area contributed by atoms with Gasteiger partial charge in [-0.05, 0) is 6.92 Å². The molecule has 3 heterocycles. The maximum atomic E-state index is 5.74. The Balaban J connectivity index is 1.57. The summed E-state index contributed by atoms with van der Waals surface area (Å²) >= 11 is 0. The highest BCUT2D eigenvalue weighted by Crippen LogP contribution is 2.18. The van der Waals surface area contributed by atoms with Crippen LogP contribution in [0.2, 0.25) is 0 Å². The van der Waals surface area contributed by atoms with Crippen molar-refractivity contribution < 1.29 is 4.42 Å². The van der Waals surface area contributed by atoms with Gasteiger partial charge in [0.15, 0.2) is 5.89 Å². The van der Waals surface area contributed by atoms with E-state index >= 15 is 0 Å². The zero-order valence-electron chi connectivity index (χ0n) is 14.0. The molecule has 0 bridgehead atoms. The van der Waals surface area contributed by atoms with E-state index in [1.165, 1.54) is 0 Å². The molecule has 7 nitrogen and oxygen atoms in total. The lowest BCUT2D eigenvalue weighted by Crippen LogP contribution is -2.46. The van der Waals surface area contributed by atoms with Gasteiger partial charge in [-0.3, -0.25) is 4.90 Å². The molecule has 0 aromatic carbocycles. The van der Waals surface area contributed by atoms with Gasteiger partial charge < -0.3 is 15.1 Å². The van der Waals surface area contributed by atoms with Crippen molar-refractivity contribution in [3.05, 3.63) is 29.6 Å². The normalized spacial score (nSPS) is 16.3. The van der Waals surface area contributed by atoms with Crippen molar-refractivity contribution >= 4 is 11.8 Å². The van der Waals surface area contributed by atoms with E-state index in [0.29, 0.717) is 11.9 Å². The van der Waals surface area contributed by atoms with Crippen molar-refractivity contribution in [2.45, 2.75) is 33.2 Å². The van der Waals surface area contributed by atoms with Gasteiger partial charge in [-0.15, -0.1) is 0 Å². The van der Waals surface area contributed by atoms with Crippen molar-refractivity contribution in [3.63, 3.8) is 0 Å². The van der Waals surface area contributed by atoms with E-state index in [1.807, 2.05) is 13.0 Å². The van der Waals surface area contributed by atoms with Crippen LogP contribution in [0.3, 0.4) is 0 Å². The molecule has 0 saturated carbocycles. The molecular formula is C16H24N6O. The molecule has 0 radical (unpaired) electrons. The highest BCUT2D eigenvalue weighted by atomic mass is 16.3. The SMILES string of the molecule is Cc1cc(N2CCN(Cc3coc(C(C)C)n3)CC2)nc(N)n1. The predicted octanol–water partition coefficient (Wildman–Crippen LogP) is 1.80. The summed E-state index contributed by atoms with van der Waals surface area (Å²) in [4.78, 5) is 17.6. The third-order valence-corrected chi connectivity index (χ3v) is 4.00. The molecule has 1 aliphatic heterocycles. The summed E-state index contributed by atoms with van der Waals surface area (Å²) in [7, 11) is 0. The lowest BCUT2D eigenvalue weighted by molar-refractivity contribution is 0.246. The Morgan fingerprint density at radius 1 is 1.17 bits per heavy atom. The number of hydrogen-bond acceptors (Lipinski definition) is 7. The average Bonchev–Trinajstić information content (AvgIpc) is 2.96. The molecule has 0 spiro atoms. The zero-order valence-corrected chi connectivity index (χ0v) is 14.0. The number of rotatable bonds is 4. The predicted molar refractivity (Wildman–Crippen MR) is 89.3 cm³/mol. The van der Waals surface area contributed by atoms with Crippen LogP contribution in [0.15, 0.2) is 16.7 Å². The molecule has 3 rings (SSSR count). The van der Waals surface area contributed by atoms with Gasteiger partial charge in [0.2, 0.25) is 5.95 Å². The molecule has 2 aromatic rings. The first kappa shape index (κ1) is 15.7. The van der Waals surface area contributed by atoms with E-state index in [0.717, 1.165) is 55.8 Å². The van der Waals surface area contributed by atoms with Crippen molar-refractivity contribution in [2.24, 2.45) is 0 Å². The molecule has 0 atom stereocenters. The Morgan fingerprint density at radius 3 is 2.52 bits per heavy atom. The zero-order chi connectivity index (χ0) is 16.4. The summed E-state index contributed by atoms with van der Waals surface area (Å²) in [6, 6.07) is 1.98. The Bertz CT molecular complexity index is 640. The fourth-order valence-corrected chi connectivity index (χ4v) is 2.76. The van der Waals surface area contributed by atoms with Gasteiger partial charge in [0.25, 0.3) is 0 Å². The average molecular weight is 316 g/mol. The van der Waals surface area contributed by atoms with Crippen molar-refractivity contribution in [1.82, 2.24) is 19.9 Å². The number of nitrogen functional groups attached to an aromatic ring is 1.